The zero-order chi connectivity index (χ0) is 18.5. The van der Waals surface area contributed by atoms with Crippen LogP contribution in [0.5, 0.6) is 23.0 Å². The molecule has 3 rings (SSSR count). The van der Waals surface area contributed by atoms with Crippen LogP contribution in [0.3, 0.4) is 0 Å². The lowest BCUT2D eigenvalue weighted by molar-refractivity contribution is 0.0536. The monoisotopic (exact) mass is 434 g/mol. The Morgan fingerprint density at radius 2 is 1.77 bits per heavy atom. The van der Waals surface area contributed by atoms with Gasteiger partial charge in [-0.1, -0.05) is 58.5 Å². The van der Waals surface area contributed by atoms with Gasteiger partial charge in [0.1, 0.15) is 30.1 Å². The first-order chi connectivity index (χ1) is 12.5. The molecular weight excluding hydrogens is 422 g/mol. The van der Waals surface area contributed by atoms with E-state index in [0.717, 1.165) is 0 Å². The molecule has 138 valence electrons. The van der Waals surface area contributed by atoms with Gasteiger partial charge in [-0.05, 0) is 18.2 Å². The normalized spacial score (nSPS) is 15.3. The van der Waals surface area contributed by atoms with E-state index in [1.54, 1.807) is 12.1 Å². The molecule has 0 N–H and O–H groups in total. The molecule has 0 fully saturated rings. The summed E-state index contributed by atoms with van der Waals surface area (Å²) in [6.07, 6.45) is 1.23. The van der Waals surface area contributed by atoms with E-state index < -0.39 is 0 Å². The van der Waals surface area contributed by atoms with Gasteiger partial charge in [0, 0.05) is 12.1 Å². The molecule has 1 heterocycles. The van der Waals surface area contributed by atoms with Crippen LogP contribution in [0.25, 0.3) is 0 Å². The standard InChI is InChI=1S/C18H14Cl4O4/c19-13-7-11(23-6-5-17(21)22)8-14(20)18(13)25-10-12-9-24-15-3-1-2-4-16(15)26-12/h1-5,7-8,12H,6,9-10H2. The van der Waals surface area contributed by atoms with Gasteiger partial charge in [-0.25, -0.2) is 0 Å². The Hall–Kier alpha value is -1.46. The molecule has 0 spiro atoms. The van der Waals surface area contributed by atoms with Crippen molar-refractivity contribution in [2.24, 2.45) is 0 Å². The Morgan fingerprint density at radius 3 is 2.46 bits per heavy atom. The van der Waals surface area contributed by atoms with Crippen LogP contribution >= 0.6 is 46.4 Å². The molecule has 0 bridgehead atoms. The maximum atomic E-state index is 6.25. The van der Waals surface area contributed by atoms with Gasteiger partial charge in [-0.2, -0.15) is 0 Å². The van der Waals surface area contributed by atoms with E-state index >= 15 is 0 Å². The SMILES string of the molecule is ClC(Cl)=CCOc1cc(Cl)c(OCC2COc3ccccc3O2)c(Cl)c1. The largest absolute Gasteiger partial charge is 0.489 e. The van der Waals surface area contributed by atoms with Gasteiger partial charge >= 0.3 is 0 Å². The van der Waals surface area contributed by atoms with Crippen molar-refractivity contribution < 1.29 is 18.9 Å². The second-order valence-corrected chi connectivity index (χ2v) is 7.15. The van der Waals surface area contributed by atoms with Crippen LogP contribution in [0.4, 0.5) is 0 Å². The number of rotatable bonds is 6. The minimum Gasteiger partial charge on any atom is -0.489 e. The molecular formula is C18H14Cl4O4. The third kappa shape index (κ3) is 5.04. The first kappa shape index (κ1) is 19.3. The van der Waals surface area contributed by atoms with Crippen molar-refractivity contribution in [3.8, 4) is 23.0 Å². The van der Waals surface area contributed by atoms with Gasteiger partial charge in [0.15, 0.2) is 23.4 Å². The summed E-state index contributed by atoms with van der Waals surface area (Å²) in [6.45, 7) is 0.805. The molecule has 0 amide bonds. The quantitative estimate of drug-likeness (QED) is 0.565. The fourth-order valence-corrected chi connectivity index (χ4v) is 2.98. The van der Waals surface area contributed by atoms with Crippen molar-refractivity contribution in [3.63, 3.8) is 0 Å². The Labute approximate surface area is 171 Å². The molecule has 1 unspecified atom stereocenters. The Morgan fingerprint density at radius 1 is 1.08 bits per heavy atom. The van der Waals surface area contributed by atoms with Crippen LogP contribution in [0.15, 0.2) is 47.0 Å². The third-order valence-electron chi connectivity index (χ3n) is 3.44. The third-order valence-corrected chi connectivity index (χ3v) is 4.31. The topological polar surface area (TPSA) is 36.9 Å². The Balaban J connectivity index is 1.61. The van der Waals surface area contributed by atoms with Gasteiger partial charge in [0.05, 0.1) is 10.0 Å². The van der Waals surface area contributed by atoms with Gasteiger partial charge in [0.2, 0.25) is 0 Å². The summed E-state index contributed by atoms with van der Waals surface area (Å²) in [4.78, 5) is 0. The van der Waals surface area contributed by atoms with Crippen LogP contribution < -0.4 is 18.9 Å². The fraction of sp³-hybridized carbons (Fsp3) is 0.222. The number of fused-ring (bicyclic) bond motifs is 1. The average Bonchev–Trinajstić information content (AvgIpc) is 2.60. The molecule has 0 saturated heterocycles. The molecule has 0 aromatic heterocycles. The highest BCUT2D eigenvalue weighted by molar-refractivity contribution is 6.55. The smallest absolute Gasteiger partial charge is 0.166 e. The number of hydrogen-bond acceptors (Lipinski definition) is 4. The first-order valence-electron chi connectivity index (χ1n) is 7.67. The molecule has 1 atom stereocenters. The van der Waals surface area contributed by atoms with Crippen molar-refractivity contribution in [1.82, 2.24) is 0 Å². The lowest BCUT2D eigenvalue weighted by atomic mass is 10.2. The van der Waals surface area contributed by atoms with Gasteiger partial charge in [0.25, 0.3) is 0 Å². The highest BCUT2D eigenvalue weighted by Gasteiger charge is 2.22. The van der Waals surface area contributed by atoms with Gasteiger partial charge < -0.3 is 18.9 Å². The van der Waals surface area contributed by atoms with Crippen molar-refractivity contribution in [2.75, 3.05) is 19.8 Å². The highest BCUT2D eigenvalue weighted by Crippen LogP contribution is 2.37. The molecule has 0 saturated carbocycles. The molecule has 2 aromatic carbocycles. The fourth-order valence-electron chi connectivity index (χ4n) is 2.28. The molecule has 26 heavy (non-hydrogen) atoms. The van der Waals surface area contributed by atoms with E-state index in [-0.39, 0.29) is 23.8 Å². The van der Waals surface area contributed by atoms with Crippen LogP contribution in [-0.4, -0.2) is 25.9 Å². The molecule has 8 heteroatoms. The Bertz CT molecular complexity index is 783. The summed E-state index contributed by atoms with van der Waals surface area (Å²) in [5.41, 5.74) is 0. The van der Waals surface area contributed by atoms with Crippen LogP contribution in [0.2, 0.25) is 10.0 Å². The average molecular weight is 436 g/mol. The van der Waals surface area contributed by atoms with E-state index in [1.807, 2.05) is 24.3 Å². The molecule has 1 aliphatic rings. The molecule has 2 aromatic rings. The molecule has 0 aliphatic carbocycles. The van der Waals surface area contributed by atoms with Crippen LogP contribution in [0, 0.1) is 0 Å². The summed E-state index contributed by atoms with van der Waals surface area (Å²) in [5.74, 6) is 2.23. The second kappa shape index (κ2) is 8.96. The first-order valence-corrected chi connectivity index (χ1v) is 9.18. The zero-order valence-corrected chi connectivity index (χ0v) is 16.4. The van der Waals surface area contributed by atoms with Gasteiger partial charge in [-0.3, -0.25) is 0 Å². The zero-order valence-electron chi connectivity index (χ0n) is 13.4. The van der Waals surface area contributed by atoms with Crippen LogP contribution in [-0.2, 0) is 0 Å². The minimum absolute atomic E-state index is 0.124. The lowest BCUT2D eigenvalue weighted by Gasteiger charge is -2.26. The van der Waals surface area contributed by atoms with E-state index in [2.05, 4.69) is 0 Å². The molecule has 0 radical (unpaired) electrons. The minimum atomic E-state index is -0.274. The van der Waals surface area contributed by atoms with Gasteiger partial charge in [-0.15, -0.1) is 0 Å². The number of halogens is 4. The predicted molar refractivity (Wildman–Crippen MR) is 104 cm³/mol. The van der Waals surface area contributed by atoms with E-state index in [4.69, 9.17) is 65.4 Å². The van der Waals surface area contributed by atoms with E-state index in [1.165, 1.54) is 6.08 Å². The summed E-state index contributed by atoms with van der Waals surface area (Å²) >= 11 is 23.6. The number of ether oxygens (including phenoxy) is 4. The molecule has 1 aliphatic heterocycles. The number of para-hydroxylation sites is 2. The Kier molecular flexibility index (Phi) is 6.65. The predicted octanol–water partition coefficient (Wildman–Crippen LogP) is 5.91. The lowest BCUT2D eigenvalue weighted by Crippen LogP contribution is -2.34. The highest BCUT2D eigenvalue weighted by atomic mass is 35.5. The van der Waals surface area contributed by atoms with Crippen molar-refractivity contribution >= 4 is 46.4 Å². The molecule has 4 nitrogen and oxygen atoms in total. The number of benzene rings is 2. The van der Waals surface area contributed by atoms with Crippen LogP contribution in [0.1, 0.15) is 0 Å². The van der Waals surface area contributed by atoms with E-state index in [0.29, 0.717) is 39.7 Å². The van der Waals surface area contributed by atoms with Crippen molar-refractivity contribution in [2.45, 2.75) is 6.10 Å². The van der Waals surface area contributed by atoms with E-state index in [9.17, 15) is 0 Å². The maximum Gasteiger partial charge on any atom is 0.166 e. The maximum absolute atomic E-state index is 6.25. The number of hydrogen-bond donors (Lipinski definition) is 0. The summed E-state index contributed by atoms with van der Waals surface area (Å²) in [6, 6.07) is 10.7. The van der Waals surface area contributed by atoms with Crippen molar-refractivity contribution in [1.29, 1.82) is 0 Å². The second-order valence-electron chi connectivity index (χ2n) is 5.33. The van der Waals surface area contributed by atoms with Crippen molar-refractivity contribution in [3.05, 3.63) is 57.0 Å². The summed E-state index contributed by atoms with van der Waals surface area (Å²) in [5, 5.41) is 0.649. The summed E-state index contributed by atoms with van der Waals surface area (Å²) in [7, 11) is 0. The summed E-state index contributed by atoms with van der Waals surface area (Å²) < 4.78 is 22.8.